The molecule has 2 aromatic heterocycles. The Morgan fingerprint density at radius 2 is 1.88 bits per heavy atom. The van der Waals surface area contributed by atoms with Gasteiger partial charge in [-0.2, -0.15) is 0 Å². The Labute approximate surface area is 196 Å². The maximum Gasteiger partial charge on any atom is 0.261 e. The summed E-state index contributed by atoms with van der Waals surface area (Å²) in [7, 11) is 0. The lowest BCUT2D eigenvalue weighted by molar-refractivity contribution is -0.137. The maximum atomic E-state index is 13.4. The van der Waals surface area contributed by atoms with Crippen molar-refractivity contribution in [2.24, 2.45) is 0 Å². The molecule has 4 rings (SSSR count). The molecule has 1 aliphatic rings. The van der Waals surface area contributed by atoms with Gasteiger partial charge in [0.15, 0.2) is 6.61 Å². The van der Waals surface area contributed by atoms with Crippen molar-refractivity contribution in [3.8, 4) is 16.9 Å². The van der Waals surface area contributed by atoms with Gasteiger partial charge in [0.1, 0.15) is 11.6 Å². The first-order valence-electron chi connectivity index (χ1n) is 11.8. The van der Waals surface area contributed by atoms with Crippen molar-refractivity contribution < 1.29 is 9.53 Å². The highest BCUT2D eigenvalue weighted by molar-refractivity contribution is 5.79. The van der Waals surface area contributed by atoms with Gasteiger partial charge in [-0.15, -0.1) is 0 Å². The van der Waals surface area contributed by atoms with E-state index in [1.54, 1.807) is 12.4 Å². The second-order valence-corrected chi connectivity index (χ2v) is 8.68. The molecule has 0 bridgehead atoms. The summed E-state index contributed by atoms with van der Waals surface area (Å²) < 4.78 is 6.01. The smallest absolute Gasteiger partial charge is 0.261 e. The van der Waals surface area contributed by atoms with Gasteiger partial charge in [0, 0.05) is 37.1 Å². The SMILES string of the molecule is CCCc1ncc(-c2ccncc2)c([C@@H]2CCCCN2C(=O)COc2c(C)cccc2C)n1. The van der Waals surface area contributed by atoms with Crippen LogP contribution in [0.4, 0.5) is 0 Å². The van der Waals surface area contributed by atoms with Crippen LogP contribution in [0.25, 0.3) is 11.1 Å². The van der Waals surface area contributed by atoms with Crippen LogP contribution >= 0.6 is 0 Å². The maximum absolute atomic E-state index is 13.4. The van der Waals surface area contributed by atoms with E-state index in [1.807, 2.05) is 55.3 Å². The number of piperidine rings is 1. The fraction of sp³-hybridized carbons (Fsp3) is 0.407. The second kappa shape index (κ2) is 10.6. The lowest BCUT2D eigenvalue weighted by atomic mass is 9.94. The normalized spacial score (nSPS) is 16.0. The van der Waals surface area contributed by atoms with Crippen molar-refractivity contribution >= 4 is 5.91 Å². The third-order valence-corrected chi connectivity index (χ3v) is 6.22. The van der Waals surface area contributed by atoms with Crippen molar-refractivity contribution in [3.63, 3.8) is 0 Å². The molecule has 3 aromatic rings. The van der Waals surface area contributed by atoms with Crippen molar-refractivity contribution in [3.05, 3.63) is 71.6 Å². The Hall–Kier alpha value is -3.28. The lowest BCUT2D eigenvalue weighted by Gasteiger charge is -2.36. The molecule has 1 aromatic carbocycles. The number of carbonyl (C=O) groups is 1. The Balaban J connectivity index is 1.63. The van der Waals surface area contributed by atoms with Gasteiger partial charge < -0.3 is 9.64 Å². The summed E-state index contributed by atoms with van der Waals surface area (Å²) in [5.74, 6) is 1.62. The Morgan fingerprint density at radius 3 is 2.61 bits per heavy atom. The number of aryl methyl sites for hydroxylation is 3. The summed E-state index contributed by atoms with van der Waals surface area (Å²) in [4.78, 5) is 29.1. The first-order valence-corrected chi connectivity index (χ1v) is 11.8. The molecule has 1 atom stereocenters. The molecule has 0 radical (unpaired) electrons. The van der Waals surface area contributed by atoms with Crippen molar-refractivity contribution in [1.82, 2.24) is 19.9 Å². The van der Waals surface area contributed by atoms with Crippen LogP contribution in [0.15, 0.2) is 48.9 Å². The molecule has 6 heteroatoms. The third-order valence-electron chi connectivity index (χ3n) is 6.22. The first kappa shape index (κ1) is 22.9. The molecule has 0 aliphatic carbocycles. The van der Waals surface area contributed by atoms with Crippen LogP contribution in [0.3, 0.4) is 0 Å². The molecule has 1 fully saturated rings. The number of benzene rings is 1. The summed E-state index contributed by atoms with van der Waals surface area (Å²) in [6.07, 6.45) is 10.2. The number of rotatable bonds is 7. The lowest BCUT2D eigenvalue weighted by Crippen LogP contribution is -2.41. The molecule has 0 saturated carbocycles. The van der Waals surface area contributed by atoms with E-state index in [0.29, 0.717) is 6.54 Å². The Bertz CT molecular complexity index is 1080. The minimum atomic E-state index is -0.0883. The largest absolute Gasteiger partial charge is 0.483 e. The van der Waals surface area contributed by atoms with E-state index in [0.717, 1.165) is 71.6 Å². The van der Waals surface area contributed by atoms with Gasteiger partial charge >= 0.3 is 0 Å². The fourth-order valence-corrected chi connectivity index (χ4v) is 4.54. The number of ether oxygens (including phenoxy) is 1. The monoisotopic (exact) mass is 444 g/mol. The van der Waals surface area contributed by atoms with E-state index in [1.165, 1.54) is 0 Å². The van der Waals surface area contributed by atoms with Crippen molar-refractivity contribution in [1.29, 1.82) is 0 Å². The molecule has 172 valence electrons. The van der Waals surface area contributed by atoms with Crippen LogP contribution in [0.1, 0.15) is 61.3 Å². The number of likely N-dealkylation sites (tertiary alicyclic amines) is 1. The van der Waals surface area contributed by atoms with E-state index in [4.69, 9.17) is 9.72 Å². The third kappa shape index (κ3) is 5.21. The van der Waals surface area contributed by atoms with Gasteiger partial charge in [-0.25, -0.2) is 9.97 Å². The molecule has 0 spiro atoms. The highest BCUT2D eigenvalue weighted by Gasteiger charge is 2.31. The molecule has 3 heterocycles. The van der Waals surface area contributed by atoms with Crippen LogP contribution in [-0.4, -0.2) is 38.9 Å². The molecular formula is C27H32N4O2. The van der Waals surface area contributed by atoms with Gasteiger partial charge in [-0.3, -0.25) is 9.78 Å². The molecule has 1 aliphatic heterocycles. The number of amides is 1. The number of para-hydroxylation sites is 1. The Kier molecular flexibility index (Phi) is 7.33. The van der Waals surface area contributed by atoms with Crippen molar-refractivity contribution in [2.75, 3.05) is 13.2 Å². The predicted octanol–water partition coefficient (Wildman–Crippen LogP) is 5.24. The van der Waals surface area contributed by atoms with E-state index in [-0.39, 0.29) is 18.6 Å². The summed E-state index contributed by atoms with van der Waals surface area (Å²) in [5.41, 5.74) is 5.00. The van der Waals surface area contributed by atoms with Crippen molar-refractivity contribution in [2.45, 2.75) is 58.9 Å². The molecule has 0 unspecified atom stereocenters. The molecule has 1 saturated heterocycles. The summed E-state index contributed by atoms with van der Waals surface area (Å²) in [6, 6.07) is 9.88. The van der Waals surface area contributed by atoms with Crippen LogP contribution in [0, 0.1) is 13.8 Å². The molecule has 0 N–H and O–H groups in total. The quantitative estimate of drug-likeness (QED) is 0.498. The minimum absolute atomic E-state index is 0.00122. The molecule has 1 amide bonds. The summed E-state index contributed by atoms with van der Waals surface area (Å²) in [6.45, 7) is 6.88. The molecule has 6 nitrogen and oxygen atoms in total. The number of hydrogen-bond donors (Lipinski definition) is 0. The van der Waals surface area contributed by atoms with E-state index >= 15 is 0 Å². The average Bonchev–Trinajstić information content (AvgIpc) is 2.84. The topological polar surface area (TPSA) is 68.2 Å². The van der Waals surface area contributed by atoms with Crippen LogP contribution in [0.2, 0.25) is 0 Å². The number of nitrogens with zero attached hydrogens (tertiary/aromatic N) is 4. The van der Waals surface area contributed by atoms with Gasteiger partial charge in [0.05, 0.1) is 11.7 Å². The van der Waals surface area contributed by atoms with Gasteiger partial charge in [-0.1, -0.05) is 25.1 Å². The standard InChI is InChI=1S/C27H32N4O2/c1-4-8-24-29-17-22(21-12-14-28-15-13-21)26(30-24)23-11-5-6-16-31(23)25(32)18-33-27-19(2)9-7-10-20(27)3/h7,9-10,12-15,17,23H,4-6,8,11,16,18H2,1-3H3/t23-/m0/s1. The minimum Gasteiger partial charge on any atom is -0.483 e. The number of pyridine rings is 1. The van der Waals surface area contributed by atoms with Gasteiger partial charge in [0.25, 0.3) is 5.91 Å². The predicted molar refractivity (Wildman–Crippen MR) is 129 cm³/mol. The second-order valence-electron chi connectivity index (χ2n) is 8.68. The molecule has 33 heavy (non-hydrogen) atoms. The number of hydrogen-bond acceptors (Lipinski definition) is 5. The summed E-state index contributed by atoms with van der Waals surface area (Å²) >= 11 is 0. The van der Waals surface area contributed by atoms with Crippen LogP contribution < -0.4 is 4.74 Å². The highest BCUT2D eigenvalue weighted by atomic mass is 16.5. The Morgan fingerprint density at radius 1 is 1.12 bits per heavy atom. The van der Waals surface area contributed by atoms with Gasteiger partial charge in [0.2, 0.25) is 0 Å². The zero-order valence-electron chi connectivity index (χ0n) is 19.8. The average molecular weight is 445 g/mol. The van der Waals surface area contributed by atoms with E-state index < -0.39 is 0 Å². The van der Waals surface area contributed by atoms with Gasteiger partial charge in [-0.05, 0) is 68.4 Å². The van der Waals surface area contributed by atoms with E-state index in [9.17, 15) is 4.79 Å². The van der Waals surface area contributed by atoms with Crippen LogP contribution in [0.5, 0.6) is 5.75 Å². The number of carbonyl (C=O) groups excluding carboxylic acids is 1. The first-order chi connectivity index (χ1) is 16.1. The fourth-order valence-electron chi connectivity index (χ4n) is 4.54. The molecular weight excluding hydrogens is 412 g/mol. The summed E-state index contributed by atoms with van der Waals surface area (Å²) in [5, 5.41) is 0. The zero-order chi connectivity index (χ0) is 23.2. The number of aromatic nitrogens is 3. The zero-order valence-corrected chi connectivity index (χ0v) is 19.8. The van der Waals surface area contributed by atoms with Crippen LogP contribution in [-0.2, 0) is 11.2 Å². The highest BCUT2D eigenvalue weighted by Crippen LogP contribution is 2.36. The van der Waals surface area contributed by atoms with E-state index in [2.05, 4.69) is 16.9 Å².